The summed E-state index contributed by atoms with van der Waals surface area (Å²) in [5.41, 5.74) is 6.41. The van der Waals surface area contributed by atoms with Gasteiger partial charge in [0.2, 0.25) is 0 Å². The average molecular weight is 415 g/mol. The van der Waals surface area contributed by atoms with Crippen LogP contribution in [0.4, 0.5) is 11.4 Å². The SMILES string of the molecule is CC(C)n1cnc2c(NCc3ccccc3)cc(N[C@@H](CO)Cc3ccccc3)cc21. The number of nitrogens with one attached hydrogen (secondary N) is 2. The minimum absolute atomic E-state index is 0.0587. The van der Waals surface area contributed by atoms with Crippen LogP contribution in [0.15, 0.2) is 79.1 Å². The van der Waals surface area contributed by atoms with Crippen LogP contribution in [0.2, 0.25) is 0 Å². The van der Waals surface area contributed by atoms with Crippen molar-refractivity contribution in [2.24, 2.45) is 0 Å². The van der Waals surface area contributed by atoms with Crippen molar-refractivity contribution in [2.45, 2.75) is 38.9 Å². The van der Waals surface area contributed by atoms with E-state index in [1.165, 1.54) is 11.1 Å². The van der Waals surface area contributed by atoms with Crippen LogP contribution >= 0.6 is 0 Å². The zero-order valence-corrected chi connectivity index (χ0v) is 18.1. The topological polar surface area (TPSA) is 62.1 Å². The van der Waals surface area contributed by atoms with Gasteiger partial charge in [-0.2, -0.15) is 0 Å². The molecule has 0 unspecified atom stereocenters. The Morgan fingerprint density at radius 2 is 1.61 bits per heavy atom. The second-order valence-corrected chi connectivity index (χ2v) is 8.19. The number of imidazole rings is 1. The Morgan fingerprint density at radius 3 is 2.26 bits per heavy atom. The molecule has 5 nitrogen and oxygen atoms in total. The van der Waals surface area contributed by atoms with E-state index in [4.69, 9.17) is 0 Å². The highest BCUT2D eigenvalue weighted by molar-refractivity contribution is 5.92. The minimum Gasteiger partial charge on any atom is -0.394 e. The van der Waals surface area contributed by atoms with Crippen molar-refractivity contribution in [1.29, 1.82) is 0 Å². The summed E-state index contributed by atoms with van der Waals surface area (Å²) in [5.74, 6) is 0. The maximum Gasteiger partial charge on any atom is 0.112 e. The summed E-state index contributed by atoms with van der Waals surface area (Å²) in [4.78, 5) is 4.68. The van der Waals surface area contributed by atoms with Gasteiger partial charge in [0.25, 0.3) is 0 Å². The van der Waals surface area contributed by atoms with Gasteiger partial charge in [0, 0.05) is 18.3 Å². The lowest BCUT2D eigenvalue weighted by atomic mass is 10.1. The standard InChI is InChI=1S/C26H30N4O/c1-19(2)30-18-28-26-24(27-16-21-11-7-4-8-12-21)14-22(15-25(26)30)29-23(17-31)13-20-9-5-3-6-10-20/h3-12,14-15,18-19,23,27,29,31H,13,16-17H2,1-2H3/t23-/m1/s1. The van der Waals surface area contributed by atoms with Gasteiger partial charge in [-0.25, -0.2) is 4.98 Å². The molecule has 3 N–H and O–H groups in total. The first-order chi connectivity index (χ1) is 15.1. The Labute approximate surface area is 183 Å². The van der Waals surface area contributed by atoms with Crippen molar-refractivity contribution in [3.8, 4) is 0 Å². The number of fused-ring (bicyclic) bond motifs is 1. The van der Waals surface area contributed by atoms with E-state index < -0.39 is 0 Å². The van der Waals surface area contributed by atoms with E-state index in [1.54, 1.807) is 0 Å². The lowest BCUT2D eigenvalue weighted by molar-refractivity contribution is 0.273. The van der Waals surface area contributed by atoms with Gasteiger partial charge >= 0.3 is 0 Å². The Hall–Kier alpha value is -3.31. The van der Waals surface area contributed by atoms with Gasteiger partial charge in [-0.15, -0.1) is 0 Å². The number of hydrogen-bond donors (Lipinski definition) is 3. The minimum atomic E-state index is -0.0720. The van der Waals surface area contributed by atoms with E-state index in [0.717, 1.165) is 35.4 Å². The highest BCUT2D eigenvalue weighted by Crippen LogP contribution is 2.30. The third-order valence-electron chi connectivity index (χ3n) is 5.48. The zero-order valence-electron chi connectivity index (χ0n) is 18.1. The van der Waals surface area contributed by atoms with E-state index in [2.05, 4.69) is 70.4 Å². The average Bonchev–Trinajstić information content (AvgIpc) is 3.23. The van der Waals surface area contributed by atoms with Gasteiger partial charge in [0.1, 0.15) is 5.52 Å². The first kappa shape index (κ1) is 20.9. The van der Waals surface area contributed by atoms with Gasteiger partial charge in [-0.1, -0.05) is 60.7 Å². The lowest BCUT2D eigenvalue weighted by Gasteiger charge is -2.20. The highest BCUT2D eigenvalue weighted by atomic mass is 16.3. The van der Waals surface area contributed by atoms with Crippen molar-refractivity contribution in [3.63, 3.8) is 0 Å². The molecule has 5 heteroatoms. The number of aliphatic hydroxyl groups is 1. The molecular weight excluding hydrogens is 384 g/mol. The van der Waals surface area contributed by atoms with Gasteiger partial charge in [-0.3, -0.25) is 0 Å². The second kappa shape index (κ2) is 9.67. The van der Waals surface area contributed by atoms with Crippen LogP contribution in [-0.2, 0) is 13.0 Å². The third-order valence-corrected chi connectivity index (χ3v) is 5.48. The molecule has 0 amide bonds. The predicted molar refractivity (Wildman–Crippen MR) is 129 cm³/mol. The van der Waals surface area contributed by atoms with Crippen molar-refractivity contribution in [2.75, 3.05) is 17.2 Å². The first-order valence-corrected chi connectivity index (χ1v) is 10.8. The molecule has 3 aromatic carbocycles. The molecule has 0 aliphatic rings. The summed E-state index contributed by atoms with van der Waals surface area (Å²) in [6, 6.07) is 25.1. The molecule has 160 valence electrons. The summed E-state index contributed by atoms with van der Waals surface area (Å²) in [6.45, 7) is 5.10. The normalized spacial score (nSPS) is 12.3. The molecule has 1 heterocycles. The van der Waals surface area contributed by atoms with Crippen LogP contribution in [0.3, 0.4) is 0 Å². The number of aliphatic hydroxyl groups excluding tert-OH is 1. The molecule has 4 aromatic rings. The molecule has 0 aliphatic heterocycles. The summed E-state index contributed by atoms with van der Waals surface area (Å²) in [6.07, 6.45) is 2.66. The Kier molecular flexibility index (Phi) is 6.53. The molecular formula is C26H30N4O. The smallest absolute Gasteiger partial charge is 0.112 e. The molecule has 0 radical (unpaired) electrons. The molecule has 0 aliphatic carbocycles. The maximum atomic E-state index is 9.99. The Bertz CT molecular complexity index is 1110. The molecule has 0 saturated carbocycles. The van der Waals surface area contributed by atoms with Gasteiger partial charge in [0.15, 0.2) is 0 Å². The van der Waals surface area contributed by atoms with Gasteiger partial charge < -0.3 is 20.3 Å². The van der Waals surface area contributed by atoms with Gasteiger partial charge in [0.05, 0.1) is 30.2 Å². The fourth-order valence-corrected chi connectivity index (χ4v) is 3.85. The molecule has 4 rings (SSSR count). The van der Waals surface area contributed by atoms with E-state index in [-0.39, 0.29) is 12.6 Å². The zero-order chi connectivity index (χ0) is 21.6. The highest BCUT2D eigenvalue weighted by Gasteiger charge is 2.14. The molecule has 1 aromatic heterocycles. The largest absolute Gasteiger partial charge is 0.394 e. The van der Waals surface area contributed by atoms with E-state index in [1.807, 2.05) is 42.7 Å². The number of aromatic nitrogens is 2. The number of anilines is 2. The van der Waals surface area contributed by atoms with Crippen LogP contribution in [0.5, 0.6) is 0 Å². The second-order valence-electron chi connectivity index (χ2n) is 8.19. The van der Waals surface area contributed by atoms with E-state index >= 15 is 0 Å². The van der Waals surface area contributed by atoms with E-state index in [9.17, 15) is 5.11 Å². The van der Waals surface area contributed by atoms with Crippen LogP contribution in [0.25, 0.3) is 11.0 Å². The summed E-state index contributed by atoms with van der Waals surface area (Å²) in [5, 5.41) is 17.1. The molecule has 0 saturated heterocycles. The fraction of sp³-hybridized carbons (Fsp3) is 0.269. The number of benzene rings is 3. The Morgan fingerprint density at radius 1 is 0.935 bits per heavy atom. The predicted octanol–water partition coefficient (Wildman–Crippen LogP) is 5.24. The number of hydrogen-bond acceptors (Lipinski definition) is 4. The summed E-state index contributed by atoms with van der Waals surface area (Å²) >= 11 is 0. The molecule has 1 atom stereocenters. The lowest BCUT2D eigenvalue weighted by Crippen LogP contribution is -2.26. The van der Waals surface area contributed by atoms with Gasteiger partial charge in [-0.05, 0) is 43.5 Å². The molecule has 0 fully saturated rings. The van der Waals surface area contributed by atoms with Crippen LogP contribution in [0, 0.1) is 0 Å². The van der Waals surface area contributed by atoms with Crippen LogP contribution in [-0.4, -0.2) is 27.3 Å². The third kappa shape index (κ3) is 5.06. The van der Waals surface area contributed by atoms with Crippen molar-refractivity contribution < 1.29 is 5.11 Å². The van der Waals surface area contributed by atoms with Crippen LogP contribution < -0.4 is 10.6 Å². The van der Waals surface area contributed by atoms with Crippen molar-refractivity contribution in [1.82, 2.24) is 9.55 Å². The van der Waals surface area contributed by atoms with Crippen molar-refractivity contribution in [3.05, 3.63) is 90.3 Å². The fourth-order valence-electron chi connectivity index (χ4n) is 3.85. The first-order valence-electron chi connectivity index (χ1n) is 10.8. The van der Waals surface area contributed by atoms with Crippen LogP contribution in [0.1, 0.15) is 31.0 Å². The summed E-state index contributed by atoms with van der Waals surface area (Å²) in [7, 11) is 0. The van der Waals surface area contributed by atoms with E-state index in [0.29, 0.717) is 6.04 Å². The monoisotopic (exact) mass is 414 g/mol. The van der Waals surface area contributed by atoms with Crippen molar-refractivity contribution >= 4 is 22.4 Å². The molecule has 0 spiro atoms. The Balaban J connectivity index is 1.63. The molecule has 0 bridgehead atoms. The number of nitrogens with zero attached hydrogens (tertiary/aromatic N) is 2. The quantitative estimate of drug-likeness (QED) is 0.350. The maximum absolute atomic E-state index is 9.99. The number of rotatable bonds is 9. The molecule has 31 heavy (non-hydrogen) atoms. The summed E-state index contributed by atoms with van der Waals surface area (Å²) < 4.78 is 2.18.